The average Bonchev–Trinajstić information content (AvgIpc) is 3.09. The van der Waals surface area contributed by atoms with Gasteiger partial charge in [0.15, 0.2) is 5.13 Å². The Morgan fingerprint density at radius 2 is 1.79 bits per heavy atom. The SMILES string of the molecule is CC(=O)N(c1nc(CSCc2c(Cl)cccc2Cl)cs1)c1cccc(C)c1C. The number of nitrogens with zero attached hydrogens (tertiary/aromatic N) is 2. The van der Waals surface area contributed by atoms with Crippen molar-refractivity contribution in [1.82, 2.24) is 4.98 Å². The summed E-state index contributed by atoms with van der Waals surface area (Å²) in [4.78, 5) is 18.7. The summed E-state index contributed by atoms with van der Waals surface area (Å²) in [6, 6.07) is 11.5. The molecular formula is C21H20Cl2N2OS2. The van der Waals surface area contributed by atoms with Crippen LogP contribution < -0.4 is 4.90 Å². The van der Waals surface area contributed by atoms with E-state index in [9.17, 15) is 4.79 Å². The monoisotopic (exact) mass is 450 g/mol. The first-order valence-electron chi connectivity index (χ1n) is 8.70. The molecule has 0 bridgehead atoms. The fourth-order valence-corrected chi connectivity index (χ4v) is 5.43. The Kier molecular flexibility index (Phi) is 7.05. The molecule has 0 fully saturated rings. The zero-order chi connectivity index (χ0) is 20.3. The van der Waals surface area contributed by atoms with Crippen molar-refractivity contribution in [3.8, 4) is 0 Å². The van der Waals surface area contributed by atoms with Gasteiger partial charge in [0.25, 0.3) is 0 Å². The first-order chi connectivity index (χ1) is 13.4. The molecule has 0 saturated carbocycles. The number of thiazole rings is 1. The third kappa shape index (κ3) is 4.71. The van der Waals surface area contributed by atoms with Crippen LogP contribution >= 0.6 is 46.3 Å². The summed E-state index contributed by atoms with van der Waals surface area (Å²) >= 11 is 15.6. The van der Waals surface area contributed by atoms with Crippen LogP contribution in [0.5, 0.6) is 0 Å². The minimum absolute atomic E-state index is 0.0508. The summed E-state index contributed by atoms with van der Waals surface area (Å²) in [6.45, 7) is 5.64. The molecular weight excluding hydrogens is 431 g/mol. The van der Waals surface area contributed by atoms with Gasteiger partial charge in [-0.25, -0.2) is 4.98 Å². The molecule has 0 saturated heterocycles. The van der Waals surface area contributed by atoms with E-state index in [4.69, 9.17) is 28.2 Å². The molecule has 0 spiro atoms. The Balaban J connectivity index is 1.75. The van der Waals surface area contributed by atoms with Gasteiger partial charge in [-0.1, -0.05) is 41.4 Å². The number of thioether (sulfide) groups is 1. The van der Waals surface area contributed by atoms with E-state index in [1.165, 1.54) is 11.3 Å². The largest absolute Gasteiger partial charge is 0.274 e. The fraction of sp³-hybridized carbons (Fsp3) is 0.238. The highest BCUT2D eigenvalue weighted by molar-refractivity contribution is 7.97. The second-order valence-corrected chi connectivity index (χ2v) is 9.02. The predicted molar refractivity (Wildman–Crippen MR) is 122 cm³/mol. The van der Waals surface area contributed by atoms with Gasteiger partial charge in [0.1, 0.15) is 0 Å². The summed E-state index contributed by atoms with van der Waals surface area (Å²) in [5, 5.41) is 4.04. The minimum Gasteiger partial charge on any atom is -0.274 e. The number of anilines is 2. The van der Waals surface area contributed by atoms with Gasteiger partial charge in [-0.15, -0.1) is 11.3 Å². The summed E-state index contributed by atoms with van der Waals surface area (Å²) in [5.74, 6) is 1.38. The van der Waals surface area contributed by atoms with Gasteiger partial charge in [-0.05, 0) is 48.7 Å². The number of aryl methyl sites for hydroxylation is 1. The zero-order valence-corrected chi connectivity index (χ0v) is 19.0. The maximum Gasteiger partial charge on any atom is 0.230 e. The first-order valence-corrected chi connectivity index (χ1v) is 11.5. The van der Waals surface area contributed by atoms with Crippen LogP contribution in [0.1, 0.15) is 29.3 Å². The van der Waals surface area contributed by atoms with E-state index in [1.54, 1.807) is 23.6 Å². The molecule has 0 unspecified atom stereocenters. The van der Waals surface area contributed by atoms with E-state index in [2.05, 4.69) is 0 Å². The summed E-state index contributed by atoms with van der Waals surface area (Å²) in [6.07, 6.45) is 0. The molecule has 28 heavy (non-hydrogen) atoms. The van der Waals surface area contributed by atoms with Crippen LogP contribution in [0, 0.1) is 13.8 Å². The van der Waals surface area contributed by atoms with Crippen molar-refractivity contribution in [2.24, 2.45) is 0 Å². The number of amides is 1. The summed E-state index contributed by atoms with van der Waals surface area (Å²) in [7, 11) is 0. The Bertz CT molecular complexity index is 984. The van der Waals surface area contributed by atoms with Crippen molar-refractivity contribution >= 4 is 63.0 Å². The molecule has 0 aliphatic carbocycles. The van der Waals surface area contributed by atoms with Crippen molar-refractivity contribution in [1.29, 1.82) is 0 Å². The van der Waals surface area contributed by atoms with Crippen LogP contribution in [0.4, 0.5) is 10.8 Å². The second-order valence-electron chi connectivity index (χ2n) is 6.39. The van der Waals surface area contributed by atoms with Crippen LogP contribution in [0.2, 0.25) is 10.0 Å². The standard InChI is InChI=1S/C21H20Cl2N2OS2/c1-13-6-4-9-20(14(13)2)25(15(3)26)21-24-16(11-28-21)10-27-12-17-18(22)7-5-8-19(17)23/h4-9,11H,10,12H2,1-3H3. The lowest BCUT2D eigenvalue weighted by Crippen LogP contribution is -2.23. The van der Waals surface area contributed by atoms with Crippen molar-refractivity contribution < 1.29 is 4.79 Å². The molecule has 3 nitrogen and oxygen atoms in total. The van der Waals surface area contributed by atoms with Crippen LogP contribution in [0.15, 0.2) is 41.8 Å². The van der Waals surface area contributed by atoms with E-state index in [1.807, 2.05) is 55.6 Å². The molecule has 1 aromatic heterocycles. The number of benzene rings is 2. The lowest BCUT2D eigenvalue weighted by molar-refractivity contribution is -0.115. The molecule has 7 heteroatoms. The molecule has 2 aromatic carbocycles. The average molecular weight is 451 g/mol. The topological polar surface area (TPSA) is 33.2 Å². The lowest BCUT2D eigenvalue weighted by Gasteiger charge is -2.21. The Labute approximate surface area is 183 Å². The molecule has 3 rings (SSSR count). The zero-order valence-electron chi connectivity index (χ0n) is 15.8. The summed E-state index contributed by atoms with van der Waals surface area (Å²) < 4.78 is 0. The smallest absolute Gasteiger partial charge is 0.230 e. The van der Waals surface area contributed by atoms with E-state index in [0.29, 0.717) is 20.9 Å². The van der Waals surface area contributed by atoms with E-state index >= 15 is 0 Å². The molecule has 0 aliphatic heterocycles. The van der Waals surface area contributed by atoms with Crippen LogP contribution in [0.25, 0.3) is 0 Å². The fourth-order valence-electron chi connectivity index (χ4n) is 2.78. The van der Waals surface area contributed by atoms with Gasteiger partial charge in [-0.3, -0.25) is 9.69 Å². The van der Waals surface area contributed by atoms with Crippen LogP contribution in [0.3, 0.4) is 0 Å². The normalized spacial score (nSPS) is 10.9. The van der Waals surface area contributed by atoms with Crippen molar-refractivity contribution in [2.45, 2.75) is 32.3 Å². The molecule has 1 heterocycles. The van der Waals surface area contributed by atoms with Gasteiger partial charge in [0.05, 0.1) is 11.4 Å². The Hall–Kier alpha value is -1.53. The lowest BCUT2D eigenvalue weighted by atomic mass is 10.1. The third-order valence-electron chi connectivity index (χ3n) is 4.42. The molecule has 146 valence electrons. The highest BCUT2D eigenvalue weighted by atomic mass is 35.5. The first kappa shape index (κ1) is 21.2. The maximum absolute atomic E-state index is 12.3. The molecule has 1 amide bonds. The van der Waals surface area contributed by atoms with Gasteiger partial charge in [-0.2, -0.15) is 11.8 Å². The predicted octanol–water partition coefficient (Wildman–Crippen LogP) is 7.18. The highest BCUT2D eigenvalue weighted by Gasteiger charge is 2.20. The van der Waals surface area contributed by atoms with Gasteiger partial charge < -0.3 is 0 Å². The van der Waals surface area contributed by atoms with Crippen LogP contribution in [-0.4, -0.2) is 10.9 Å². The van der Waals surface area contributed by atoms with Gasteiger partial charge in [0, 0.05) is 33.9 Å². The minimum atomic E-state index is -0.0508. The second kappa shape index (κ2) is 9.31. The molecule has 3 aromatic rings. The highest BCUT2D eigenvalue weighted by Crippen LogP contribution is 2.34. The van der Waals surface area contributed by atoms with Crippen LogP contribution in [-0.2, 0) is 16.3 Å². The number of hydrogen-bond donors (Lipinski definition) is 0. The number of carbonyl (C=O) groups is 1. The van der Waals surface area contributed by atoms with Crippen molar-refractivity contribution in [3.05, 3.63) is 74.2 Å². The number of halogens is 2. The maximum atomic E-state index is 12.3. The van der Waals surface area contributed by atoms with E-state index in [0.717, 1.165) is 33.8 Å². The number of aromatic nitrogens is 1. The molecule has 0 N–H and O–H groups in total. The Morgan fingerprint density at radius 3 is 2.46 bits per heavy atom. The van der Waals surface area contributed by atoms with E-state index < -0.39 is 0 Å². The number of rotatable bonds is 6. The summed E-state index contributed by atoms with van der Waals surface area (Å²) in [5.41, 5.74) is 4.98. The third-order valence-corrected chi connectivity index (χ3v) is 7.00. The van der Waals surface area contributed by atoms with Gasteiger partial charge >= 0.3 is 0 Å². The number of hydrogen-bond acceptors (Lipinski definition) is 4. The number of carbonyl (C=O) groups excluding carboxylic acids is 1. The van der Waals surface area contributed by atoms with Gasteiger partial charge in [0.2, 0.25) is 5.91 Å². The van der Waals surface area contributed by atoms with Crippen molar-refractivity contribution in [3.63, 3.8) is 0 Å². The molecule has 0 atom stereocenters. The van der Waals surface area contributed by atoms with E-state index in [-0.39, 0.29) is 5.91 Å². The molecule has 0 aliphatic rings. The molecule has 0 radical (unpaired) electrons. The quantitative estimate of drug-likeness (QED) is 0.398. The Morgan fingerprint density at radius 1 is 1.11 bits per heavy atom. The van der Waals surface area contributed by atoms with Crippen molar-refractivity contribution in [2.75, 3.05) is 4.90 Å².